The third-order valence-corrected chi connectivity index (χ3v) is 7.01. The van der Waals surface area contributed by atoms with E-state index in [2.05, 4.69) is 148 Å². The second kappa shape index (κ2) is 14.6. The van der Waals surface area contributed by atoms with Crippen molar-refractivity contribution in [3.05, 3.63) is 0 Å². The number of hydrogen-bond donors (Lipinski definition) is 1. The monoisotopic (exact) mass is 595 g/mol. The van der Waals surface area contributed by atoms with Crippen LogP contribution in [0.5, 0.6) is 0 Å². The topological polar surface area (TPSA) is 20.2 Å². The summed E-state index contributed by atoms with van der Waals surface area (Å²) in [6, 6.07) is 0. The lowest BCUT2D eigenvalue weighted by Crippen LogP contribution is -2.60. The molecule has 41 heavy (non-hydrogen) atoms. The van der Waals surface area contributed by atoms with Crippen LogP contribution in [0.1, 0.15) is 12.8 Å². The molecule has 0 aliphatic rings. The van der Waals surface area contributed by atoms with Crippen molar-refractivity contribution in [3.63, 3.8) is 0 Å². The van der Waals surface area contributed by atoms with Crippen molar-refractivity contribution in [1.82, 2.24) is 0 Å². The normalized spacial score (nSPS) is 15.1. The fourth-order valence-electron chi connectivity index (χ4n) is 6.95. The van der Waals surface area contributed by atoms with Crippen LogP contribution in [0.25, 0.3) is 0 Å². The molecular formula is C33H84N7O+7. The third kappa shape index (κ3) is 25.9. The highest BCUT2D eigenvalue weighted by atomic mass is 16.3. The van der Waals surface area contributed by atoms with Crippen LogP contribution in [-0.2, 0) is 0 Å². The number of rotatable bonds is 17. The van der Waals surface area contributed by atoms with E-state index in [1.807, 2.05) is 0 Å². The van der Waals surface area contributed by atoms with Gasteiger partial charge < -0.3 is 36.5 Å². The molecule has 0 spiro atoms. The van der Waals surface area contributed by atoms with Gasteiger partial charge in [-0.05, 0) is 0 Å². The minimum absolute atomic E-state index is 0.00201. The van der Waals surface area contributed by atoms with Crippen molar-refractivity contribution in [3.8, 4) is 0 Å². The number of nitrogens with zero attached hydrogens (tertiary/aromatic N) is 7. The molecule has 0 saturated carbocycles. The fourth-order valence-corrected chi connectivity index (χ4v) is 6.95. The molecule has 0 amide bonds. The molecule has 0 aromatic carbocycles. The first-order valence-electron chi connectivity index (χ1n) is 15.7. The quantitative estimate of drug-likeness (QED) is 0.254. The van der Waals surface area contributed by atoms with Crippen molar-refractivity contribution in [1.29, 1.82) is 0 Å². The molecule has 0 radical (unpaired) electrons. The SMILES string of the molecule is C[N+](C)(C)CCC(CO)(C[N+](C)(C)C)C[N+](C)(C)C.C[N+](C)(C)CCC(C[N+](C)(C)C)(C[N+](C)(C)C)C[N+](C)(C)C. The smallest absolute Gasteiger partial charge is 0.122 e. The maximum atomic E-state index is 10.1. The highest BCUT2D eigenvalue weighted by molar-refractivity contribution is 4.80. The number of aliphatic hydroxyl groups is 1. The highest BCUT2D eigenvalue weighted by Gasteiger charge is 2.46. The highest BCUT2D eigenvalue weighted by Crippen LogP contribution is 2.31. The lowest BCUT2D eigenvalue weighted by atomic mass is 9.80. The minimum atomic E-state index is 0.00201. The minimum Gasteiger partial charge on any atom is -0.395 e. The zero-order valence-electron chi connectivity index (χ0n) is 32.6. The second-order valence-electron chi connectivity index (χ2n) is 20.9. The van der Waals surface area contributed by atoms with Gasteiger partial charge in [0.05, 0.1) is 206 Å². The Labute approximate surface area is 260 Å². The number of quaternary nitrogens is 7. The first-order chi connectivity index (χ1) is 17.5. The molecule has 0 fully saturated rings. The van der Waals surface area contributed by atoms with Crippen LogP contribution in [-0.4, -0.2) is 237 Å². The largest absolute Gasteiger partial charge is 0.395 e. The van der Waals surface area contributed by atoms with Crippen LogP contribution in [0, 0.1) is 10.8 Å². The standard InChI is InChI=1S/C18H46N4.C15H38N3O/c1-19(2,3)14-13-18(15-20(4,5)6,16-21(7,8)9)17-22(10,11)12;1-16(2,3)11-10-15(14-19,12-17(4,5)6)13-18(7,8)9/h13-17H2,1-12H3;19H,10-14H2,1-9H3/q+4;+3. The Hall–Kier alpha value is -0.320. The molecule has 0 rings (SSSR count). The number of hydrogen-bond acceptors (Lipinski definition) is 1. The zero-order valence-corrected chi connectivity index (χ0v) is 32.6. The van der Waals surface area contributed by atoms with Gasteiger partial charge in [0.15, 0.2) is 0 Å². The van der Waals surface area contributed by atoms with E-state index < -0.39 is 0 Å². The van der Waals surface area contributed by atoms with E-state index in [1.165, 1.54) is 32.6 Å². The van der Waals surface area contributed by atoms with Gasteiger partial charge in [0.1, 0.15) is 5.41 Å². The molecule has 8 heteroatoms. The summed E-state index contributed by atoms with van der Waals surface area (Å²) in [5.41, 5.74) is 0.363. The van der Waals surface area contributed by atoms with E-state index in [4.69, 9.17) is 0 Å². The summed E-state index contributed by atoms with van der Waals surface area (Å²) in [7, 11) is 47.9. The molecule has 250 valence electrons. The van der Waals surface area contributed by atoms with Crippen LogP contribution in [0.4, 0.5) is 0 Å². The van der Waals surface area contributed by atoms with Gasteiger partial charge in [-0.2, -0.15) is 0 Å². The van der Waals surface area contributed by atoms with Crippen LogP contribution in [0.3, 0.4) is 0 Å². The second-order valence-corrected chi connectivity index (χ2v) is 20.9. The maximum absolute atomic E-state index is 10.1. The Kier molecular flexibility index (Phi) is 15.3. The van der Waals surface area contributed by atoms with Gasteiger partial charge in [-0.25, -0.2) is 0 Å². The van der Waals surface area contributed by atoms with Crippen molar-refractivity contribution in [2.75, 3.05) is 200 Å². The van der Waals surface area contributed by atoms with E-state index >= 15 is 0 Å². The van der Waals surface area contributed by atoms with Crippen molar-refractivity contribution >= 4 is 0 Å². The Bertz CT molecular complexity index is 674. The van der Waals surface area contributed by atoms with Crippen LogP contribution < -0.4 is 0 Å². The Morgan fingerprint density at radius 3 is 0.683 bits per heavy atom. The Balaban J connectivity index is 0. The van der Waals surface area contributed by atoms with E-state index in [0.29, 0.717) is 5.41 Å². The molecule has 0 bridgehead atoms. The van der Waals surface area contributed by atoms with Gasteiger partial charge in [0.2, 0.25) is 0 Å². The molecular weight excluding hydrogens is 510 g/mol. The summed E-state index contributed by atoms with van der Waals surface area (Å²) in [6.07, 6.45) is 2.36. The Morgan fingerprint density at radius 1 is 0.317 bits per heavy atom. The average molecular weight is 595 g/mol. The summed E-state index contributed by atoms with van der Waals surface area (Å²) >= 11 is 0. The summed E-state index contributed by atoms with van der Waals surface area (Å²) in [6.45, 7) is 8.34. The first kappa shape index (κ1) is 42.8. The van der Waals surface area contributed by atoms with Crippen molar-refractivity contribution in [2.45, 2.75) is 12.8 Å². The summed E-state index contributed by atoms with van der Waals surface area (Å²) in [5.74, 6) is 0. The van der Waals surface area contributed by atoms with Gasteiger partial charge in [-0.1, -0.05) is 0 Å². The van der Waals surface area contributed by atoms with Gasteiger partial charge in [-0.3, -0.25) is 0 Å². The predicted molar refractivity (Wildman–Crippen MR) is 181 cm³/mol. The van der Waals surface area contributed by atoms with Crippen molar-refractivity contribution < 1.29 is 36.5 Å². The molecule has 0 atom stereocenters. The van der Waals surface area contributed by atoms with E-state index in [0.717, 1.165) is 57.4 Å². The van der Waals surface area contributed by atoms with E-state index in [9.17, 15) is 5.11 Å². The lowest BCUT2D eigenvalue weighted by molar-refractivity contribution is -0.928. The summed E-state index contributed by atoms with van der Waals surface area (Å²) in [4.78, 5) is 0. The lowest BCUT2D eigenvalue weighted by Gasteiger charge is -2.45. The molecule has 0 aliphatic carbocycles. The van der Waals surface area contributed by atoms with Gasteiger partial charge >= 0.3 is 0 Å². The number of aliphatic hydroxyl groups excluding tert-OH is 1. The van der Waals surface area contributed by atoms with E-state index in [1.54, 1.807) is 0 Å². The van der Waals surface area contributed by atoms with Gasteiger partial charge in [0.25, 0.3) is 0 Å². The average Bonchev–Trinajstić information content (AvgIpc) is 2.57. The van der Waals surface area contributed by atoms with Crippen LogP contribution in [0.2, 0.25) is 0 Å². The molecule has 0 aromatic heterocycles. The Morgan fingerprint density at radius 2 is 0.512 bits per heavy atom. The first-order valence-corrected chi connectivity index (χ1v) is 15.7. The molecule has 0 heterocycles. The van der Waals surface area contributed by atoms with Gasteiger partial charge in [0, 0.05) is 12.8 Å². The molecule has 0 aliphatic heterocycles. The fraction of sp³-hybridized carbons (Fsp3) is 1.00. The molecule has 0 unspecified atom stereocenters. The van der Waals surface area contributed by atoms with Crippen LogP contribution in [0.15, 0.2) is 0 Å². The van der Waals surface area contributed by atoms with Gasteiger partial charge in [-0.15, -0.1) is 0 Å². The zero-order chi connectivity index (χ0) is 33.6. The summed E-state index contributed by atoms with van der Waals surface area (Å²) in [5, 5.41) is 10.1. The molecule has 8 nitrogen and oxygen atoms in total. The maximum Gasteiger partial charge on any atom is 0.122 e. The van der Waals surface area contributed by atoms with Crippen molar-refractivity contribution in [2.24, 2.45) is 10.8 Å². The van der Waals surface area contributed by atoms with E-state index in [-0.39, 0.29) is 12.0 Å². The van der Waals surface area contributed by atoms with Crippen LogP contribution >= 0.6 is 0 Å². The molecule has 0 aromatic rings. The molecule has 1 N–H and O–H groups in total. The molecule has 0 saturated heterocycles. The predicted octanol–water partition coefficient (Wildman–Crippen LogP) is 1.66. The third-order valence-electron chi connectivity index (χ3n) is 7.01. The summed E-state index contributed by atoms with van der Waals surface area (Å²) < 4.78 is 6.92.